The first-order valence-electron chi connectivity index (χ1n) is 10.7. The van der Waals surface area contributed by atoms with Crippen LogP contribution in [-0.4, -0.2) is 38.2 Å². The van der Waals surface area contributed by atoms with E-state index in [4.69, 9.17) is 0 Å². The minimum atomic E-state index is -2.94. The number of benzene rings is 1. The lowest BCUT2D eigenvalue weighted by Gasteiger charge is -2.42. The van der Waals surface area contributed by atoms with Crippen LogP contribution in [0.4, 0.5) is 23.8 Å². The quantitative estimate of drug-likeness (QED) is 0.716. The van der Waals surface area contributed by atoms with Gasteiger partial charge in [-0.05, 0) is 39.5 Å². The van der Waals surface area contributed by atoms with Crippen LogP contribution in [0.3, 0.4) is 0 Å². The molecule has 1 atom stereocenters. The third-order valence-electron chi connectivity index (χ3n) is 6.14. The largest absolute Gasteiger partial charge is 0.393 e. The van der Waals surface area contributed by atoms with Crippen LogP contribution >= 0.6 is 0 Å². The van der Waals surface area contributed by atoms with Crippen molar-refractivity contribution < 1.29 is 23.1 Å². The van der Waals surface area contributed by atoms with Crippen LogP contribution in [0.25, 0.3) is 0 Å². The Balaban J connectivity index is 1.65. The van der Waals surface area contributed by atoms with Crippen molar-refractivity contribution in [2.45, 2.75) is 70.7 Å². The van der Waals surface area contributed by atoms with Gasteiger partial charge in [-0.2, -0.15) is 0 Å². The summed E-state index contributed by atoms with van der Waals surface area (Å²) in [5.74, 6) is -0.160. The van der Waals surface area contributed by atoms with E-state index >= 15 is 0 Å². The molecule has 1 fully saturated rings. The number of aryl methyl sites for hydroxylation is 1. The maximum atomic E-state index is 14.7. The smallest absolute Gasteiger partial charge is 0.341 e. The summed E-state index contributed by atoms with van der Waals surface area (Å²) in [5, 5.41) is 11.1. The molecule has 1 aromatic heterocycles. The monoisotopic (exact) mass is 449 g/mol. The fourth-order valence-corrected chi connectivity index (χ4v) is 4.36. The van der Waals surface area contributed by atoms with Crippen LogP contribution in [-0.2, 0) is 6.54 Å². The van der Waals surface area contributed by atoms with E-state index in [-0.39, 0.29) is 23.7 Å². The van der Waals surface area contributed by atoms with E-state index in [1.54, 1.807) is 24.9 Å². The molecule has 1 aromatic carbocycles. The highest BCUT2D eigenvalue weighted by Gasteiger charge is 2.38. The highest BCUT2D eigenvalue weighted by Crippen LogP contribution is 2.33. The fourth-order valence-electron chi connectivity index (χ4n) is 4.36. The summed E-state index contributed by atoms with van der Waals surface area (Å²) in [4.78, 5) is 23.8. The zero-order valence-electron chi connectivity index (χ0n) is 17.9. The molecular formula is C22H26F3N5O2. The van der Waals surface area contributed by atoms with Gasteiger partial charge in [0.2, 0.25) is 0 Å². The first-order valence-corrected chi connectivity index (χ1v) is 10.7. The number of carbonyl (C=O) groups excluding carboxylic acids is 1. The van der Waals surface area contributed by atoms with Gasteiger partial charge in [-0.1, -0.05) is 18.2 Å². The summed E-state index contributed by atoms with van der Waals surface area (Å²) in [6.07, 6.45) is 0.928. The minimum Gasteiger partial charge on any atom is -0.393 e. The molecule has 1 aliphatic carbocycles. The van der Waals surface area contributed by atoms with E-state index in [1.807, 2.05) is 0 Å². The number of hydrogen-bond donors (Lipinski definition) is 2. The maximum Gasteiger partial charge on any atom is 0.341 e. The lowest BCUT2D eigenvalue weighted by Crippen LogP contribution is -2.57. The standard InChI is InChI=1S/C22H26F3N5O2/c1-12(17-4-3-5-18(19(17)23)20(24)25)28-30-21-14(10-26-13(2)27-21)11-29(22(30)32)15-6-8-16(31)9-7-15/h3-5,10,12,15-16,20,28,31H,6-9,11H2,1-2H3/t12-,15?,16?/m1/s1. The second-order valence-corrected chi connectivity index (χ2v) is 8.38. The SMILES string of the molecule is Cc1ncc2c(n1)N(N[C@H](C)c1cccc(C(F)F)c1F)C(=O)N(C1CCC(O)CC1)C2. The second kappa shape index (κ2) is 9.03. The Hall–Kier alpha value is -2.72. The first kappa shape index (κ1) is 22.5. The van der Waals surface area contributed by atoms with Crippen LogP contribution in [0.15, 0.2) is 24.4 Å². The van der Waals surface area contributed by atoms with Gasteiger partial charge in [0.25, 0.3) is 6.43 Å². The van der Waals surface area contributed by atoms with Crippen molar-refractivity contribution in [2.24, 2.45) is 0 Å². The van der Waals surface area contributed by atoms with Gasteiger partial charge in [-0.3, -0.25) is 0 Å². The van der Waals surface area contributed by atoms with E-state index in [1.165, 1.54) is 17.1 Å². The van der Waals surface area contributed by atoms with E-state index in [9.17, 15) is 23.1 Å². The average Bonchev–Trinajstić information content (AvgIpc) is 2.76. The van der Waals surface area contributed by atoms with Gasteiger partial charge in [0, 0.05) is 23.4 Å². The van der Waals surface area contributed by atoms with Gasteiger partial charge in [-0.15, -0.1) is 0 Å². The molecule has 4 rings (SSSR count). The Labute approximate surface area is 184 Å². The summed E-state index contributed by atoms with van der Waals surface area (Å²) >= 11 is 0. The highest BCUT2D eigenvalue weighted by atomic mass is 19.3. The van der Waals surface area contributed by atoms with Gasteiger partial charge in [0.05, 0.1) is 24.3 Å². The van der Waals surface area contributed by atoms with Gasteiger partial charge in [-0.25, -0.2) is 38.4 Å². The number of rotatable bonds is 5. The Morgan fingerprint density at radius 2 is 1.88 bits per heavy atom. The Morgan fingerprint density at radius 1 is 1.19 bits per heavy atom. The molecule has 0 radical (unpaired) electrons. The average molecular weight is 449 g/mol. The van der Waals surface area contributed by atoms with Crippen molar-refractivity contribution in [3.05, 3.63) is 52.7 Å². The van der Waals surface area contributed by atoms with Crippen molar-refractivity contribution in [1.29, 1.82) is 0 Å². The van der Waals surface area contributed by atoms with Gasteiger partial charge < -0.3 is 10.0 Å². The van der Waals surface area contributed by atoms with E-state index < -0.39 is 23.8 Å². The van der Waals surface area contributed by atoms with Gasteiger partial charge in [0.15, 0.2) is 5.82 Å². The van der Waals surface area contributed by atoms with Crippen molar-refractivity contribution in [3.8, 4) is 0 Å². The number of amides is 2. The predicted molar refractivity (Wildman–Crippen MR) is 111 cm³/mol. The summed E-state index contributed by atoms with van der Waals surface area (Å²) in [7, 11) is 0. The molecule has 2 aliphatic rings. The lowest BCUT2D eigenvalue weighted by atomic mass is 9.91. The topological polar surface area (TPSA) is 81.6 Å². The van der Waals surface area contributed by atoms with Crippen LogP contribution in [0.5, 0.6) is 0 Å². The summed E-state index contributed by atoms with van der Waals surface area (Å²) in [6.45, 7) is 3.63. The van der Waals surface area contributed by atoms with Crippen LogP contribution in [0.1, 0.15) is 67.6 Å². The van der Waals surface area contributed by atoms with E-state index in [0.29, 0.717) is 43.9 Å². The molecule has 10 heteroatoms. The Bertz CT molecular complexity index is 998. The molecule has 0 spiro atoms. The third-order valence-corrected chi connectivity index (χ3v) is 6.14. The number of nitrogens with one attached hydrogen (secondary N) is 1. The Kier molecular flexibility index (Phi) is 6.34. The number of fused-ring (bicyclic) bond motifs is 1. The molecule has 172 valence electrons. The molecule has 2 N–H and O–H groups in total. The zero-order valence-corrected chi connectivity index (χ0v) is 17.9. The molecule has 7 nitrogen and oxygen atoms in total. The van der Waals surface area contributed by atoms with Gasteiger partial charge in [0.1, 0.15) is 11.6 Å². The summed E-state index contributed by atoms with van der Waals surface area (Å²) in [5.41, 5.74) is 3.05. The molecular weight excluding hydrogens is 423 g/mol. The van der Waals surface area contributed by atoms with Crippen molar-refractivity contribution in [2.75, 3.05) is 5.01 Å². The third kappa shape index (κ3) is 4.29. The number of aliphatic hydroxyl groups excluding tert-OH is 1. The molecule has 32 heavy (non-hydrogen) atoms. The predicted octanol–water partition coefficient (Wildman–Crippen LogP) is 4.17. The molecule has 0 saturated heterocycles. The van der Waals surface area contributed by atoms with E-state index in [2.05, 4.69) is 15.4 Å². The zero-order chi connectivity index (χ0) is 23.0. The summed E-state index contributed by atoms with van der Waals surface area (Å²) < 4.78 is 41.0. The number of nitrogens with zero attached hydrogens (tertiary/aromatic N) is 4. The number of aliphatic hydroxyl groups is 1. The lowest BCUT2D eigenvalue weighted by molar-refractivity contribution is 0.0810. The molecule has 2 amide bonds. The highest BCUT2D eigenvalue weighted by molar-refractivity contribution is 5.93. The van der Waals surface area contributed by atoms with Crippen molar-refractivity contribution in [1.82, 2.24) is 20.3 Å². The molecule has 2 heterocycles. The number of hydrogen-bond acceptors (Lipinski definition) is 5. The normalized spacial score (nSPS) is 22.3. The Morgan fingerprint density at radius 3 is 2.56 bits per heavy atom. The van der Waals surface area contributed by atoms with Crippen LogP contribution < -0.4 is 10.4 Å². The van der Waals surface area contributed by atoms with Crippen molar-refractivity contribution in [3.63, 3.8) is 0 Å². The fraction of sp³-hybridized carbons (Fsp3) is 0.500. The first-order chi connectivity index (χ1) is 15.3. The minimum absolute atomic E-state index is 0.0286. The van der Waals surface area contributed by atoms with Gasteiger partial charge >= 0.3 is 6.03 Å². The second-order valence-electron chi connectivity index (χ2n) is 8.38. The number of carbonyl (C=O) groups is 1. The molecule has 1 aliphatic heterocycles. The molecule has 1 saturated carbocycles. The molecule has 0 bridgehead atoms. The van der Waals surface area contributed by atoms with E-state index in [0.717, 1.165) is 11.6 Å². The van der Waals surface area contributed by atoms with Crippen LogP contribution in [0.2, 0.25) is 0 Å². The number of hydrazine groups is 1. The number of anilines is 1. The number of aromatic nitrogens is 2. The number of urea groups is 1. The van der Waals surface area contributed by atoms with Crippen molar-refractivity contribution >= 4 is 11.8 Å². The number of alkyl halides is 2. The number of halogens is 3. The molecule has 0 unspecified atom stereocenters. The summed E-state index contributed by atoms with van der Waals surface area (Å²) in [6, 6.07) is 2.64. The maximum absolute atomic E-state index is 14.7. The van der Waals surface area contributed by atoms with Crippen LogP contribution in [0, 0.1) is 12.7 Å². The molecule has 2 aromatic rings.